The van der Waals surface area contributed by atoms with Gasteiger partial charge < -0.3 is 16.0 Å². The first kappa shape index (κ1) is 13.0. The minimum Gasteiger partial charge on any atom is -0.347 e. The van der Waals surface area contributed by atoms with E-state index in [4.69, 9.17) is 5.73 Å². The fraction of sp³-hybridized carbons (Fsp3) is 0.818. The Kier molecular flexibility index (Phi) is 4.29. The lowest BCUT2D eigenvalue weighted by Crippen LogP contribution is -2.47. The first-order valence-electron chi connectivity index (χ1n) is 5.70. The van der Waals surface area contributed by atoms with Gasteiger partial charge in [0.05, 0.1) is 12.0 Å². The Labute approximate surface area is 96.4 Å². The molecule has 0 aromatic rings. The molecule has 3 N–H and O–H groups in total. The van der Waals surface area contributed by atoms with Gasteiger partial charge in [-0.05, 0) is 12.8 Å². The molecule has 16 heavy (non-hydrogen) atoms. The van der Waals surface area contributed by atoms with Crippen LogP contribution in [0.25, 0.3) is 0 Å². The Morgan fingerprint density at radius 2 is 1.88 bits per heavy atom. The van der Waals surface area contributed by atoms with Gasteiger partial charge >= 0.3 is 0 Å². The molecule has 0 spiro atoms. The lowest BCUT2D eigenvalue weighted by molar-refractivity contribution is -0.135. The van der Waals surface area contributed by atoms with E-state index in [2.05, 4.69) is 5.32 Å². The number of carbonyl (C=O) groups is 2. The largest absolute Gasteiger partial charge is 0.347 e. The topological polar surface area (TPSA) is 75.4 Å². The third kappa shape index (κ3) is 2.72. The molecule has 0 unspecified atom stereocenters. The fourth-order valence-electron chi connectivity index (χ4n) is 2.08. The molecule has 2 amide bonds. The predicted octanol–water partition coefficient (Wildman–Crippen LogP) is -0.290. The first-order valence-corrected chi connectivity index (χ1v) is 5.70. The molecule has 0 saturated heterocycles. The zero-order chi connectivity index (χ0) is 12.2. The molecule has 0 aromatic heterocycles. The molecule has 1 saturated carbocycles. The van der Waals surface area contributed by atoms with Crippen LogP contribution in [0.2, 0.25) is 0 Å². The summed E-state index contributed by atoms with van der Waals surface area (Å²) in [5.41, 5.74) is 5.26. The SMILES string of the molecule is CN(C)C(=O)CNC(=O)C1(CN)CCCC1. The third-order valence-electron chi connectivity index (χ3n) is 3.33. The van der Waals surface area contributed by atoms with Gasteiger partial charge in [0.15, 0.2) is 0 Å². The number of rotatable bonds is 4. The van der Waals surface area contributed by atoms with Gasteiger partial charge in [-0.2, -0.15) is 0 Å². The molecule has 92 valence electrons. The normalized spacial score (nSPS) is 18.2. The molecule has 0 bridgehead atoms. The van der Waals surface area contributed by atoms with Gasteiger partial charge in [0.2, 0.25) is 11.8 Å². The van der Waals surface area contributed by atoms with Crippen LogP contribution in [0.15, 0.2) is 0 Å². The summed E-state index contributed by atoms with van der Waals surface area (Å²) in [6.07, 6.45) is 3.77. The lowest BCUT2D eigenvalue weighted by Gasteiger charge is -2.25. The monoisotopic (exact) mass is 227 g/mol. The molecule has 0 atom stereocenters. The Morgan fingerprint density at radius 3 is 2.31 bits per heavy atom. The molecule has 0 heterocycles. The van der Waals surface area contributed by atoms with Gasteiger partial charge in [-0.25, -0.2) is 0 Å². The van der Waals surface area contributed by atoms with Crippen LogP contribution in [-0.4, -0.2) is 43.9 Å². The summed E-state index contributed by atoms with van der Waals surface area (Å²) in [5, 5.41) is 2.69. The Bertz CT molecular complexity index is 270. The second kappa shape index (κ2) is 5.30. The number of amides is 2. The summed E-state index contributed by atoms with van der Waals surface area (Å²) < 4.78 is 0. The van der Waals surface area contributed by atoms with Crippen LogP contribution in [0.1, 0.15) is 25.7 Å². The quantitative estimate of drug-likeness (QED) is 0.693. The van der Waals surface area contributed by atoms with Gasteiger partial charge in [-0.3, -0.25) is 9.59 Å². The number of nitrogens with two attached hydrogens (primary N) is 1. The Balaban J connectivity index is 2.48. The Hall–Kier alpha value is -1.10. The molecule has 1 aliphatic carbocycles. The average Bonchev–Trinajstić information content (AvgIpc) is 2.74. The highest BCUT2D eigenvalue weighted by Gasteiger charge is 2.39. The minimum atomic E-state index is -0.424. The standard InChI is InChI=1S/C11H21N3O2/c1-14(2)9(15)7-13-10(16)11(8-12)5-3-4-6-11/h3-8,12H2,1-2H3,(H,13,16). The fourth-order valence-corrected chi connectivity index (χ4v) is 2.08. The summed E-state index contributed by atoms with van der Waals surface area (Å²) in [5.74, 6) is -0.166. The zero-order valence-electron chi connectivity index (χ0n) is 10.1. The van der Waals surface area contributed by atoms with Crippen LogP contribution in [-0.2, 0) is 9.59 Å². The maximum atomic E-state index is 12.0. The minimum absolute atomic E-state index is 0.0631. The molecule has 1 fully saturated rings. The van der Waals surface area contributed by atoms with Gasteiger partial charge in [0.25, 0.3) is 0 Å². The second-order valence-corrected chi connectivity index (χ2v) is 4.66. The molecular weight excluding hydrogens is 206 g/mol. The summed E-state index contributed by atoms with van der Waals surface area (Å²) in [7, 11) is 3.34. The van der Waals surface area contributed by atoms with E-state index in [0.717, 1.165) is 25.7 Å². The highest BCUT2D eigenvalue weighted by atomic mass is 16.2. The van der Waals surface area contributed by atoms with Crippen LogP contribution in [0, 0.1) is 5.41 Å². The summed E-state index contributed by atoms with van der Waals surface area (Å²) in [6.45, 7) is 0.433. The van der Waals surface area contributed by atoms with Gasteiger partial charge in [-0.1, -0.05) is 12.8 Å². The maximum absolute atomic E-state index is 12.0. The summed E-state index contributed by atoms with van der Waals surface area (Å²) in [4.78, 5) is 24.8. The average molecular weight is 227 g/mol. The Morgan fingerprint density at radius 1 is 1.31 bits per heavy atom. The van der Waals surface area contributed by atoms with Gasteiger partial charge in [0, 0.05) is 20.6 Å². The van der Waals surface area contributed by atoms with Crippen molar-refractivity contribution >= 4 is 11.8 Å². The van der Waals surface area contributed by atoms with E-state index in [1.807, 2.05) is 0 Å². The summed E-state index contributed by atoms with van der Waals surface area (Å²) >= 11 is 0. The summed E-state index contributed by atoms with van der Waals surface area (Å²) in [6, 6.07) is 0. The highest BCUT2D eigenvalue weighted by Crippen LogP contribution is 2.37. The molecule has 0 aliphatic heterocycles. The first-order chi connectivity index (χ1) is 7.52. The number of nitrogens with zero attached hydrogens (tertiary/aromatic N) is 1. The number of hydrogen-bond acceptors (Lipinski definition) is 3. The number of hydrogen-bond donors (Lipinski definition) is 2. The van der Waals surface area contributed by atoms with Crippen LogP contribution in [0.4, 0.5) is 0 Å². The van der Waals surface area contributed by atoms with Crippen molar-refractivity contribution in [2.45, 2.75) is 25.7 Å². The molecule has 5 nitrogen and oxygen atoms in total. The highest BCUT2D eigenvalue weighted by molar-refractivity contribution is 5.88. The van der Waals surface area contributed by atoms with Crippen molar-refractivity contribution in [3.05, 3.63) is 0 Å². The van der Waals surface area contributed by atoms with Crippen molar-refractivity contribution < 1.29 is 9.59 Å². The van der Waals surface area contributed by atoms with Crippen LogP contribution < -0.4 is 11.1 Å². The number of likely N-dealkylation sites (N-methyl/N-ethyl adjacent to an activating group) is 1. The molecular formula is C11H21N3O2. The maximum Gasteiger partial charge on any atom is 0.241 e. The number of nitrogens with one attached hydrogen (secondary N) is 1. The van der Waals surface area contributed by atoms with Crippen molar-refractivity contribution in [1.29, 1.82) is 0 Å². The van der Waals surface area contributed by atoms with Crippen LogP contribution in [0.5, 0.6) is 0 Å². The van der Waals surface area contributed by atoms with E-state index in [1.165, 1.54) is 4.90 Å². The second-order valence-electron chi connectivity index (χ2n) is 4.66. The van der Waals surface area contributed by atoms with E-state index in [1.54, 1.807) is 14.1 Å². The van der Waals surface area contributed by atoms with E-state index < -0.39 is 5.41 Å². The van der Waals surface area contributed by atoms with Crippen molar-refractivity contribution in [2.75, 3.05) is 27.2 Å². The predicted molar refractivity (Wildman–Crippen MR) is 61.7 cm³/mol. The number of carbonyl (C=O) groups excluding carboxylic acids is 2. The van der Waals surface area contributed by atoms with Crippen molar-refractivity contribution in [3.8, 4) is 0 Å². The van der Waals surface area contributed by atoms with Crippen LogP contribution in [0.3, 0.4) is 0 Å². The van der Waals surface area contributed by atoms with E-state index in [0.29, 0.717) is 6.54 Å². The zero-order valence-corrected chi connectivity index (χ0v) is 10.1. The third-order valence-corrected chi connectivity index (χ3v) is 3.33. The molecule has 0 radical (unpaired) electrons. The van der Waals surface area contributed by atoms with Crippen LogP contribution >= 0.6 is 0 Å². The molecule has 0 aromatic carbocycles. The molecule has 5 heteroatoms. The lowest BCUT2D eigenvalue weighted by atomic mass is 9.85. The van der Waals surface area contributed by atoms with Gasteiger partial charge in [0.1, 0.15) is 0 Å². The van der Waals surface area contributed by atoms with Crippen molar-refractivity contribution in [1.82, 2.24) is 10.2 Å². The van der Waals surface area contributed by atoms with Crippen molar-refractivity contribution in [3.63, 3.8) is 0 Å². The van der Waals surface area contributed by atoms with E-state index in [9.17, 15) is 9.59 Å². The van der Waals surface area contributed by atoms with Crippen molar-refractivity contribution in [2.24, 2.45) is 11.1 Å². The molecule has 1 rings (SSSR count). The molecule has 1 aliphatic rings. The van der Waals surface area contributed by atoms with E-state index >= 15 is 0 Å². The van der Waals surface area contributed by atoms with Gasteiger partial charge in [-0.15, -0.1) is 0 Å². The smallest absolute Gasteiger partial charge is 0.241 e. The van der Waals surface area contributed by atoms with E-state index in [-0.39, 0.29) is 18.4 Å².